The third-order valence-corrected chi connectivity index (χ3v) is 3.01. The quantitative estimate of drug-likeness (QED) is 0.693. The van der Waals surface area contributed by atoms with E-state index in [0.29, 0.717) is 12.1 Å². The Kier molecular flexibility index (Phi) is 1.70. The second-order valence-corrected chi connectivity index (χ2v) is 4.16. The van der Waals surface area contributed by atoms with Gasteiger partial charge in [-0.1, -0.05) is 0 Å². The Morgan fingerprint density at radius 3 is 2.79 bits per heavy atom. The van der Waals surface area contributed by atoms with Crippen LogP contribution in [0.25, 0.3) is 0 Å². The molecule has 4 heterocycles. The van der Waals surface area contributed by atoms with Gasteiger partial charge in [-0.2, -0.15) is 0 Å². The van der Waals surface area contributed by atoms with Crippen molar-refractivity contribution in [2.45, 2.75) is 25.4 Å². The Hall–Kier alpha value is -1.16. The number of rotatable bonds is 1. The van der Waals surface area contributed by atoms with E-state index in [1.54, 1.807) is 0 Å². The van der Waals surface area contributed by atoms with Crippen molar-refractivity contribution in [2.75, 3.05) is 18.0 Å². The maximum absolute atomic E-state index is 4.44. The van der Waals surface area contributed by atoms with Gasteiger partial charge in [-0.25, -0.2) is 9.97 Å². The van der Waals surface area contributed by atoms with Gasteiger partial charge in [-0.3, -0.25) is 0 Å². The maximum Gasteiger partial charge on any atom is 0.132 e. The van der Waals surface area contributed by atoms with Gasteiger partial charge < -0.3 is 10.2 Å². The van der Waals surface area contributed by atoms with Crippen molar-refractivity contribution < 1.29 is 0 Å². The van der Waals surface area contributed by atoms with Crippen LogP contribution in [0.3, 0.4) is 0 Å². The first-order valence-electron chi connectivity index (χ1n) is 5.12. The molecular formula is C10H14N4. The second-order valence-electron chi connectivity index (χ2n) is 4.16. The van der Waals surface area contributed by atoms with E-state index in [-0.39, 0.29) is 0 Å². The summed E-state index contributed by atoms with van der Waals surface area (Å²) < 4.78 is 0. The molecule has 4 nitrogen and oxygen atoms in total. The van der Waals surface area contributed by atoms with E-state index in [1.165, 1.54) is 6.42 Å². The van der Waals surface area contributed by atoms with Gasteiger partial charge in [0.2, 0.25) is 0 Å². The minimum Gasteiger partial charge on any atom is -0.353 e. The second kappa shape index (κ2) is 2.92. The summed E-state index contributed by atoms with van der Waals surface area (Å²) in [6.07, 6.45) is 3.17. The van der Waals surface area contributed by atoms with Crippen molar-refractivity contribution in [1.29, 1.82) is 0 Å². The van der Waals surface area contributed by atoms with E-state index in [0.717, 1.165) is 24.7 Å². The zero-order valence-electron chi connectivity index (χ0n) is 8.27. The van der Waals surface area contributed by atoms with Crippen LogP contribution in [-0.2, 0) is 0 Å². The number of aryl methyl sites for hydroxylation is 1. The molecule has 74 valence electrons. The molecule has 1 aromatic heterocycles. The average molecular weight is 190 g/mol. The minimum absolute atomic E-state index is 0.684. The number of hydrogen-bond donors (Lipinski definition) is 1. The van der Waals surface area contributed by atoms with Gasteiger partial charge in [0.25, 0.3) is 0 Å². The van der Waals surface area contributed by atoms with Crippen LogP contribution in [0, 0.1) is 6.92 Å². The first-order chi connectivity index (χ1) is 6.81. The number of nitrogens with one attached hydrogen (secondary N) is 1. The fourth-order valence-corrected chi connectivity index (χ4v) is 2.32. The lowest BCUT2D eigenvalue weighted by Gasteiger charge is -2.48. The van der Waals surface area contributed by atoms with E-state index in [1.807, 2.05) is 19.2 Å². The molecular weight excluding hydrogens is 176 g/mol. The highest BCUT2D eigenvalue weighted by Crippen LogP contribution is 2.24. The summed E-state index contributed by atoms with van der Waals surface area (Å²) in [5.41, 5.74) is 0. The fraction of sp³-hybridized carbons (Fsp3) is 0.600. The summed E-state index contributed by atoms with van der Waals surface area (Å²) in [7, 11) is 0. The molecule has 2 bridgehead atoms. The van der Waals surface area contributed by atoms with Gasteiger partial charge in [0.15, 0.2) is 0 Å². The number of fused-ring (bicyclic) bond motifs is 2. The van der Waals surface area contributed by atoms with Crippen LogP contribution >= 0.6 is 0 Å². The molecule has 2 atom stereocenters. The molecule has 0 amide bonds. The SMILES string of the molecule is Cc1nccc(N2CC3CC(C2)N3)n1. The lowest BCUT2D eigenvalue weighted by Crippen LogP contribution is -2.67. The van der Waals surface area contributed by atoms with Crippen LogP contribution in [0.5, 0.6) is 0 Å². The molecule has 2 unspecified atom stereocenters. The monoisotopic (exact) mass is 190 g/mol. The maximum atomic E-state index is 4.44. The molecule has 1 aromatic rings. The summed E-state index contributed by atoms with van der Waals surface area (Å²) >= 11 is 0. The first kappa shape index (κ1) is 8.17. The van der Waals surface area contributed by atoms with Crippen LogP contribution < -0.4 is 10.2 Å². The Morgan fingerprint density at radius 2 is 2.14 bits per heavy atom. The Morgan fingerprint density at radius 1 is 1.43 bits per heavy atom. The van der Waals surface area contributed by atoms with Gasteiger partial charge in [-0.05, 0) is 19.4 Å². The predicted molar refractivity (Wildman–Crippen MR) is 54.3 cm³/mol. The molecule has 0 radical (unpaired) electrons. The third kappa shape index (κ3) is 1.26. The number of anilines is 1. The molecule has 3 aliphatic heterocycles. The molecule has 3 fully saturated rings. The molecule has 3 saturated heterocycles. The molecule has 4 heteroatoms. The van der Waals surface area contributed by atoms with E-state index in [2.05, 4.69) is 20.2 Å². The van der Waals surface area contributed by atoms with E-state index < -0.39 is 0 Å². The van der Waals surface area contributed by atoms with Crippen molar-refractivity contribution in [3.8, 4) is 0 Å². The molecule has 0 spiro atoms. The van der Waals surface area contributed by atoms with Gasteiger partial charge in [0, 0.05) is 31.4 Å². The van der Waals surface area contributed by atoms with Crippen LogP contribution in [0.1, 0.15) is 12.2 Å². The largest absolute Gasteiger partial charge is 0.353 e. The zero-order chi connectivity index (χ0) is 9.54. The predicted octanol–water partition coefficient (Wildman–Crippen LogP) is 0.336. The number of nitrogens with zero attached hydrogens (tertiary/aromatic N) is 3. The number of hydrogen-bond acceptors (Lipinski definition) is 4. The molecule has 4 rings (SSSR count). The van der Waals surface area contributed by atoms with Crippen molar-refractivity contribution in [1.82, 2.24) is 15.3 Å². The molecule has 0 saturated carbocycles. The van der Waals surface area contributed by atoms with Gasteiger partial charge in [0.1, 0.15) is 11.6 Å². The van der Waals surface area contributed by atoms with Crippen LogP contribution in [0.15, 0.2) is 12.3 Å². The average Bonchev–Trinajstić information content (AvgIpc) is 2.17. The van der Waals surface area contributed by atoms with E-state index in [9.17, 15) is 0 Å². The number of piperidine rings is 1. The van der Waals surface area contributed by atoms with Crippen LogP contribution in [-0.4, -0.2) is 35.1 Å². The summed E-state index contributed by atoms with van der Waals surface area (Å²) in [6, 6.07) is 3.37. The number of aromatic nitrogens is 2. The lowest BCUT2D eigenvalue weighted by atomic mass is 9.91. The molecule has 3 aliphatic rings. The lowest BCUT2D eigenvalue weighted by molar-refractivity contribution is 0.225. The van der Waals surface area contributed by atoms with Crippen molar-refractivity contribution in [3.05, 3.63) is 18.1 Å². The normalized spacial score (nSPS) is 29.9. The first-order valence-corrected chi connectivity index (χ1v) is 5.12. The molecule has 0 aromatic carbocycles. The summed E-state index contributed by atoms with van der Waals surface area (Å²) in [5.74, 6) is 1.93. The van der Waals surface area contributed by atoms with Crippen molar-refractivity contribution >= 4 is 5.82 Å². The Labute approximate surface area is 83.4 Å². The topological polar surface area (TPSA) is 41.1 Å². The van der Waals surface area contributed by atoms with Crippen molar-refractivity contribution in [2.24, 2.45) is 0 Å². The smallest absolute Gasteiger partial charge is 0.132 e. The van der Waals surface area contributed by atoms with Gasteiger partial charge in [0.05, 0.1) is 0 Å². The highest BCUT2D eigenvalue weighted by Gasteiger charge is 2.36. The Balaban J connectivity index is 1.82. The summed E-state index contributed by atoms with van der Waals surface area (Å²) in [5, 5.41) is 3.51. The van der Waals surface area contributed by atoms with Gasteiger partial charge in [-0.15, -0.1) is 0 Å². The van der Waals surface area contributed by atoms with Crippen molar-refractivity contribution in [3.63, 3.8) is 0 Å². The van der Waals surface area contributed by atoms with E-state index >= 15 is 0 Å². The van der Waals surface area contributed by atoms with Crippen LogP contribution in [0.4, 0.5) is 5.82 Å². The third-order valence-electron chi connectivity index (χ3n) is 3.01. The molecule has 14 heavy (non-hydrogen) atoms. The highest BCUT2D eigenvalue weighted by atomic mass is 15.3. The zero-order valence-corrected chi connectivity index (χ0v) is 8.27. The number of piperazine rings is 1. The minimum atomic E-state index is 0.684. The molecule has 1 N–H and O–H groups in total. The fourth-order valence-electron chi connectivity index (χ4n) is 2.32. The van der Waals surface area contributed by atoms with E-state index in [4.69, 9.17) is 0 Å². The summed E-state index contributed by atoms with van der Waals surface area (Å²) in [4.78, 5) is 10.9. The Bertz CT molecular complexity index is 336. The van der Waals surface area contributed by atoms with Gasteiger partial charge >= 0.3 is 0 Å². The highest BCUT2D eigenvalue weighted by molar-refractivity contribution is 5.40. The van der Waals surface area contributed by atoms with Crippen LogP contribution in [0.2, 0.25) is 0 Å². The molecule has 0 aliphatic carbocycles. The standard InChI is InChI=1S/C10H14N4/c1-7-11-3-2-10(12-7)14-5-8-4-9(6-14)13-8/h2-3,8-9,13H,4-6H2,1H3. The summed E-state index contributed by atoms with van der Waals surface area (Å²) in [6.45, 7) is 4.12.